The van der Waals surface area contributed by atoms with E-state index in [-0.39, 0.29) is 5.75 Å². The molecule has 4 heteroatoms. The number of hydrogen-bond donors (Lipinski definition) is 0. The zero-order chi connectivity index (χ0) is 10.1. The Kier molecular flexibility index (Phi) is 2.82. The third-order valence-electron chi connectivity index (χ3n) is 2.51. The maximum atomic E-state index is 11.6. The Balaban J connectivity index is 2.76. The zero-order valence-electron chi connectivity index (χ0n) is 8.28. The van der Waals surface area contributed by atoms with Crippen LogP contribution in [-0.4, -0.2) is 43.5 Å². The van der Waals surface area contributed by atoms with E-state index in [4.69, 9.17) is 0 Å². The summed E-state index contributed by atoms with van der Waals surface area (Å²) in [4.78, 5) is 2.12. The molecule has 0 aromatic rings. The quantitative estimate of drug-likeness (QED) is 0.619. The van der Waals surface area contributed by atoms with Crippen LogP contribution in [0.3, 0.4) is 0 Å². The predicted molar refractivity (Wildman–Crippen MR) is 54.5 cm³/mol. The van der Waals surface area contributed by atoms with Crippen LogP contribution in [0.2, 0.25) is 0 Å². The lowest BCUT2D eigenvalue weighted by Gasteiger charge is -2.36. The van der Waals surface area contributed by atoms with E-state index in [1.165, 1.54) is 0 Å². The largest absolute Gasteiger partial charge is 0.297 e. The molecule has 1 saturated heterocycles. The lowest BCUT2D eigenvalue weighted by Crippen LogP contribution is -2.52. The minimum Gasteiger partial charge on any atom is -0.297 e. The van der Waals surface area contributed by atoms with Crippen LogP contribution in [0.25, 0.3) is 0 Å². The van der Waals surface area contributed by atoms with Gasteiger partial charge in [0, 0.05) is 19.6 Å². The molecule has 1 aliphatic rings. The third kappa shape index (κ3) is 2.11. The van der Waals surface area contributed by atoms with Gasteiger partial charge in [0.1, 0.15) is 0 Å². The van der Waals surface area contributed by atoms with E-state index in [1.807, 2.05) is 6.08 Å². The summed E-state index contributed by atoms with van der Waals surface area (Å²) in [6.07, 6.45) is 1.81. The number of rotatable bonds is 2. The molecule has 1 heterocycles. The molecular formula is C9H17NO2S. The second-order valence-corrected chi connectivity index (χ2v) is 6.85. The van der Waals surface area contributed by atoms with Crippen molar-refractivity contribution in [2.75, 3.05) is 25.4 Å². The summed E-state index contributed by atoms with van der Waals surface area (Å²) in [5, 5.41) is 0. The van der Waals surface area contributed by atoms with Gasteiger partial charge < -0.3 is 0 Å². The smallest absolute Gasteiger partial charge is 0.157 e. The minimum atomic E-state index is -2.89. The maximum Gasteiger partial charge on any atom is 0.157 e. The lowest BCUT2D eigenvalue weighted by atomic mass is 10.2. The average molecular weight is 203 g/mol. The molecule has 13 heavy (non-hydrogen) atoms. The van der Waals surface area contributed by atoms with Crippen LogP contribution in [0.5, 0.6) is 0 Å². The van der Waals surface area contributed by atoms with Gasteiger partial charge in [-0.05, 0) is 13.8 Å². The van der Waals surface area contributed by atoms with Gasteiger partial charge >= 0.3 is 0 Å². The van der Waals surface area contributed by atoms with E-state index in [0.717, 1.165) is 6.54 Å². The molecule has 0 N–H and O–H groups in total. The molecule has 1 rings (SSSR count). The molecule has 0 bridgehead atoms. The van der Waals surface area contributed by atoms with Gasteiger partial charge in [-0.15, -0.1) is 6.58 Å². The van der Waals surface area contributed by atoms with E-state index in [2.05, 4.69) is 11.5 Å². The van der Waals surface area contributed by atoms with Crippen molar-refractivity contribution in [2.45, 2.75) is 18.6 Å². The minimum absolute atomic E-state index is 0.272. The molecule has 0 saturated carbocycles. The highest BCUT2D eigenvalue weighted by Crippen LogP contribution is 2.23. The molecule has 0 spiro atoms. The molecule has 0 aliphatic carbocycles. The highest BCUT2D eigenvalue weighted by atomic mass is 32.2. The Morgan fingerprint density at radius 2 is 2.15 bits per heavy atom. The van der Waals surface area contributed by atoms with Crippen LogP contribution in [0, 0.1) is 0 Å². The first-order valence-corrected chi connectivity index (χ1v) is 6.10. The van der Waals surface area contributed by atoms with Gasteiger partial charge in [-0.25, -0.2) is 8.42 Å². The van der Waals surface area contributed by atoms with Crippen molar-refractivity contribution < 1.29 is 8.42 Å². The first-order valence-electron chi connectivity index (χ1n) is 4.44. The molecule has 0 unspecified atom stereocenters. The molecular weight excluding hydrogens is 186 g/mol. The predicted octanol–water partition coefficient (Wildman–Crippen LogP) is 0.681. The Bertz CT molecular complexity index is 293. The number of nitrogens with zero attached hydrogens (tertiary/aromatic N) is 1. The van der Waals surface area contributed by atoms with Gasteiger partial charge in [-0.2, -0.15) is 0 Å². The van der Waals surface area contributed by atoms with Crippen molar-refractivity contribution >= 4 is 9.84 Å². The van der Waals surface area contributed by atoms with Gasteiger partial charge in [-0.1, -0.05) is 6.08 Å². The van der Waals surface area contributed by atoms with Gasteiger partial charge in [0.2, 0.25) is 0 Å². The zero-order valence-corrected chi connectivity index (χ0v) is 9.10. The summed E-state index contributed by atoms with van der Waals surface area (Å²) in [6, 6.07) is 0. The summed E-state index contributed by atoms with van der Waals surface area (Å²) in [7, 11) is -2.89. The average Bonchev–Trinajstić information content (AvgIpc) is 1.98. The molecule has 0 amide bonds. The molecule has 76 valence electrons. The van der Waals surface area contributed by atoms with Crippen molar-refractivity contribution in [1.29, 1.82) is 0 Å². The lowest BCUT2D eigenvalue weighted by molar-refractivity contribution is 0.274. The second-order valence-electron chi connectivity index (χ2n) is 4.10. The normalized spacial score (nSPS) is 26.9. The van der Waals surface area contributed by atoms with E-state index < -0.39 is 14.6 Å². The first kappa shape index (κ1) is 10.7. The fourth-order valence-corrected chi connectivity index (χ4v) is 3.01. The Labute approximate surface area is 80.3 Å². The Morgan fingerprint density at radius 3 is 2.62 bits per heavy atom. The summed E-state index contributed by atoms with van der Waals surface area (Å²) in [6.45, 7) is 9.25. The first-order chi connectivity index (χ1) is 5.89. The van der Waals surface area contributed by atoms with Crippen molar-refractivity contribution in [2.24, 2.45) is 0 Å². The van der Waals surface area contributed by atoms with Crippen molar-refractivity contribution in [3.63, 3.8) is 0 Å². The number of sulfone groups is 1. The third-order valence-corrected chi connectivity index (χ3v) is 5.04. The summed E-state index contributed by atoms with van der Waals surface area (Å²) in [5.41, 5.74) is 0. The topological polar surface area (TPSA) is 37.4 Å². The van der Waals surface area contributed by atoms with Crippen LogP contribution in [0.1, 0.15) is 13.8 Å². The van der Waals surface area contributed by atoms with Gasteiger partial charge in [0.05, 0.1) is 10.5 Å². The molecule has 1 aliphatic heterocycles. The Hall–Kier alpha value is -0.350. The van der Waals surface area contributed by atoms with Gasteiger partial charge in [0.25, 0.3) is 0 Å². The summed E-state index contributed by atoms with van der Waals surface area (Å²) >= 11 is 0. The molecule has 3 nitrogen and oxygen atoms in total. The van der Waals surface area contributed by atoms with Crippen LogP contribution < -0.4 is 0 Å². The van der Waals surface area contributed by atoms with Gasteiger partial charge in [0.15, 0.2) is 9.84 Å². The molecule has 0 atom stereocenters. The highest BCUT2D eigenvalue weighted by Gasteiger charge is 2.39. The summed E-state index contributed by atoms with van der Waals surface area (Å²) in [5.74, 6) is 0.272. The molecule has 0 aromatic heterocycles. The fraction of sp³-hybridized carbons (Fsp3) is 0.778. The van der Waals surface area contributed by atoms with E-state index >= 15 is 0 Å². The SMILES string of the molecule is C=CCN1CCS(=O)(=O)C(C)(C)C1. The van der Waals surface area contributed by atoms with Crippen molar-refractivity contribution in [3.05, 3.63) is 12.7 Å². The van der Waals surface area contributed by atoms with Crippen LogP contribution in [0.15, 0.2) is 12.7 Å². The highest BCUT2D eigenvalue weighted by molar-refractivity contribution is 7.92. The van der Waals surface area contributed by atoms with Gasteiger partial charge in [-0.3, -0.25) is 4.90 Å². The van der Waals surface area contributed by atoms with Crippen LogP contribution in [0.4, 0.5) is 0 Å². The fourth-order valence-electron chi connectivity index (χ4n) is 1.58. The molecule has 1 fully saturated rings. The molecule has 0 radical (unpaired) electrons. The van der Waals surface area contributed by atoms with E-state index in [0.29, 0.717) is 13.1 Å². The Morgan fingerprint density at radius 1 is 1.54 bits per heavy atom. The van der Waals surface area contributed by atoms with E-state index in [1.54, 1.807) is 13.8 Å². The number of hydrogen-bond acceptors (Lipinski definition) is 3. The second kappa shape index (κ2) is 3.42. The van der Waals surface area contributed by atoms with Crippen LogP contribution >= 0.6 is 0 Å². The van der Waals surface area contributed by atoms with Crippen LogP contribution in [-0.2, 0) is 9.84 Å². The van der Waals surface area contributed by atoms with E-state index in [9.17, 15) is 8.42 Å². The summed E-state index contributed by atoms with van der Waals surface area (Å²) < 4.78 is 22.6. The standard InChI is InChI=1S/C9H17NO2S/c1-4-5-10-6-7-13(11,12)9(2,3)8-10/h4H,1,5-8H2,2-3H3. The van der Waals surface area contributed by atoms with Crippen molar-refractivity contribution in [1.82, 2.24) is 4.90 Å². The molecule has 0 aromatic carbocycles. The maximum absolute atomic E-state index is 11.6. The monoisotopic (exact) mass is 203 g/mol. The van der Waals surface area contributed by atoms with Crippen molar-refractivity contribution in [3.8, 4) is 0 Å².